The van der Waals surface area contributed by atoms with E-state index in [1.54, 1.807) is 16.7 Å². The molecule has 33 heavy (non-hydrogen) atoms. The van der Waals surface area contributed by atoms with Gasteiger partial charge in [-0.2, -0.15) is 5.26 Å². The summed E-state index contributed by atoms with van der Waals surface area (Å²) < 4.78 is 5.76. The maximum atomic E-state index is 13.1. The summed E-state index contributed by atoms with van der Waals surface area (Å²) in [7, 11) is 0. The number of benzene rings is 1. The minimum absolute atomic E-state index is 0.0725. The molecule has 7 nitrogen and oxygen atoms in total. The molecule has 2 fully saturated rings. The summed E-state index contributed by atoms with van der Waals surface area (Å²) in [6.45, 7) is 11.0. The predicted molar refractivity (Wildman–Crippen MR) is 133 cm³/mol. The minimum Gasteiger partial charge on any atom is -0.477 e. The maximum Gasteiger partial charge on any atom is 0.238 e. The molecule has 0 spiro atoms. The summed E-state index contributed by atoms with van der Waals surface area (Å²) in [5, 5.41) is 12.8. The molecular weight excluding hydrogens is 434 g/mol. The lowest BCUT2D eigenvalue weighted by Crippen LogP contribution is -2.41. The van der Waals surface area contributed by atoms with Crippen LogP contribution in [0.15, 0.2) is 29.3 Å². The second kappa shape index (κ2) is 10.4. The van der Waals surface area contributed by atoms with E-state index in [2.05, 4.69) is 45.5 Å². The average molecular weight is 470 g/mol. The number of nitrogens with one attached hydrogen (secondary N) is 1. The van der Waals surface area contributed by atoms with Crippen molar-refractivity contribution in [1.29, 1.82) is 5.26 Å². The quantitative estimate of drug-likeness (QED) is 0.597. The highest BCUT2D eigenvalue weighted by molar-refractivity contribution is 8.01. The van der Waals surface area contributed by atoms with E-state index in [1.165, 1.54) is 31.5 Å². The first-order valence-corrected chi connectivity index (χ1v) is 13.0. The normalized spacial score (nSPS) is 25.6. The molecular formula is C25H35N5O2S. The van der Waals surface area contributed by atoms with Crippen molar-refractivity contribution in [3.8, 4) is 6.07 Å². The Morgan fingerprint density at radius 3 is 2.82 bits per heavy atom. The number of hydrogen-bond acceptors (Lipinski definition) is 7. The zero-order valence-electron chi connectivity index (χ0n) is 19.9. The summed E-state index contributed by atoms with van der Waals surface area (Å²) in [5.41, 5.74) is 2.03. The average Bonchev–Trinajstić information content (AvgIpc) is 3.52. The van der Waals surface area contributed by atoms with Crippen molar-refractivity contribution in [1.82, 2.24) is 9.80 Å². The van der Waals surface area contributed by atoms with Gasteiger partial charge < -0.3 is 19.9 Å². The van der Waals surface area contributed by atoms with Crippen molar-refractivity contribution < 1.29 is 9.53 Å². The fraction of sp³-hybridized carbons (Fsp3) is 0.640. The number of rotatable bonds is 9. The van der Waals surface area contributed by atoms with Crippen molar-refractivity contribution >= 4 is 29.3 Å². The zero-order valence-corrected chi connectivity index (χ0v) is 20.7. The lowest BCUT2D eigenvalue weighted by atomic mass is 10.1. The molecule has 3 aliphatic rings. The molecule has 3 unspecified atom stereocenters. The van der Waals surface area contributed by atoms with Crippen molar-refractivity contribution in [3.63, 3.8) is 0 Å². The fourth-order valence-electron chi connectivity index (χ4n) is 4.69. The van der Waals surface area contributed by atoms with Gasteiger partial charge in [0.15, 0.2) is 5.92 Å². The Bertz CT molecular complexity index is 922. The number of aliphatic imine (C=N–C) groups is 1. The summed E-state index contributed by atoms with van der Waals surface area (Å²) in [4.78, 5) is 22.0. The first-order valence-electron chi connectivity index (χ1n) is 12.0. The number of nitriles is 1. The van der Waals surface area contributed by atoms with Crippen LogP contribution in [0, 0.1) is 17.2 Å². The number of amides is 1. The zero-order chi connectivity index (χ0) is 23.4. The molecule has 3 atom stereocenters. The molecule has 2 saturated heterocycles. The molecule has 0 bridgehead atoms. The maximum absolute atomic E-state index is 13.1. The Balaban J connectivity index is 1.37. The van der Waals surface area contributed by atoms with Crippen LogP contribution in [0.1, 0.15) is 39.2 Å². The van der Waals surface area contributed by atoms with E-state index < -0.39 is 5.92 Å². The van der Waals surface area contributed by atoms with E-state index >= 15 is 0 Å². The second-order valence-corrected chi connectivity index (χ2v) is 11.0. The largest absolute Gasteiger partial charge is 0.477 e. The van der Waals surface area contributed by atoms with Crippen LogP contribution in [0.5, 0.6) is 0 Å². The molecule has 3 heterocycles. The van der Waals surface area contributed by atoms with Gasteiger partial charge in [0.05, 0.1) is 11.6 Å². The molecule has 178 valence electrons. The van der Waals surface area contributed by atoms with Gasteiger partial charge in [0, 0.05) is 25.3 Å². The number of carbonyl (C=O) groups excluding carboxylic acids is 1. The third kappa shape index (κ3) is 5.64. The molecule has 0 radical (unpaired) electrons. The van der Waals surface area contributed by atoms with Crippen molar-refractivity contribution in [3.05, 3.63) is 29.8 Å². The van der Waals surface area contributed by atoms with Crippen molar-refractivity contribution in [2.45, 2.75) is 56.2 Å². The van der Waals surface area contributed by atoms with Gasteiger partial charge in [0.1, 0.15) is 17.2 Å². The van der Waals surface area contributed by atoms with Crippen LogP contribution in [0.3, 0.4) is 0 Å². The number of anilines is 1. The lowest BCUT2D eigenvalue weighted by molar-refractivity contribution is -0.129. The van der Waals surface area contributed by atoms with E-state index in [0.29, 0.717) is 25.6 Å². The van der Waals surface area contributed by atoms with Crippen LogP contribution in [0.2, 0.25) is 0 Å². The van der Waals surface area contributed by atoms with Gasteiger partial charge in [-0.25, -0.2) is 4.99 Å². The van der Waals surface area contributed by atoms with Gasteiger partial charge in [0.2, 0.25) is 11.8 Å². The summed E-state index contributed by atoms with van der Waals surface area (Å²) in [6.07, 6.45) is 3.67. The van der Waals surface area contributed by atoms with E-state index in [1.807, 2.05) is 20.8 Å². The highest BCUT2D eigenvalue weighted by atomic mass is 32.2. The third-order valence-electron chi connectivity index (χ3n) is 6.52. The SMILES string of the molecule is CCN1C(=O)C(CNc2cccc(CCN3CCCC3)c2)SC1C(C#N)C1=NC(C)(C)CO1. The summed E-state index contributed by atoms with van der Waals surface area (Å²) in [5.74, 6) is -0.0200. The Morgan fingerprint density at radius 1 is 1.36 bits per heavy atom. The van der Waals surface area contributed by atoms with Crippen LogP contribution in [-0.2, 0) is 16.0 Å². The summed E-state index contributed by atoms with van der Waals surface area (Å²) in [6, 6.07) is 10.9. The van der Waals surface area contributed by atoms with Gasteiger partial charge in [-0.15, -0.1) is 11.8 Å². The number of carbonyl (C=O) groups is 1. The fourth-order valence-corrected chi connectivity index (χ4v) is 6.20. The molecule has 0 saturated carbocycles. The Morgan fingerprint density at radius 2 is 2.15 bits per heavy atom. The topological polar surface area (TPSA) is 81.0 Å². The molecule has 4 rings (SSSR count). The molecule has 8 heteroatoms. The Labute approximate surface area is 201 Å². The second-order valence-electron chi connectivity index (χ2n) is 9.68. The van der Waals surface area contributed by atoms with Gasteiger partial charge >= 0.3 is 0 Å². The minimum atomic E-state index is -0.556. The van der Waals surface area contributed by atoms with Crippen LogP contribution in [0.4, 0.5) is 5.69 Å². The van der Waals surface area contributed by atoms with Gasteiger partial charge in [-0.3, -0.25) is 4.79 Å². The smallest absolute Gasteiger partial charge is 0.238 e. The van der Waals surface area contributed by atoms with Crippen molar-refractivity contribution in [2.75, 3.05) is 44.6 Å². The molecule has 0 aliphatic carbocycles. The van der Waals surface area contributed by atoms with Gasteiger partial charge in [0.25, 0.3) is 0 Å². The molecule has 0 aromatic heterocycles. The number of thioether (sulfide) groups is 1. The van der Waals surface area contributed by atoms with Gasteiger partial charge in [-0.05, 0) is 70.8 Å². The van der Waals surface area contributed by atoms with E-state index in [-0.39, 0.29) is 22.1 Å². The van der Waals surface area contributed by atoms with Gasteiger partial charge in [-0.1, -0.05) is 12.1 Å². The number of ether oxygens (including phenoxy) is 1. The van der Waals surface area contributed by atoms with Crippen LogP contribution < -0.4 is 5.32 Å². The third-order valence-corrected chi connectivity index (χ3v) is 8.02. The standard InChI is InChI=1S/C25H35N5O2S/c1-4-30-23(31)21(33-24(30)20(15-26)22-28-25(2,3)17-32-22)16-27-19-9-7-8-18(14-19)10-13-29-11-5-6-12-29/h7-9,14,20-21,24,27H,4-6,10-13,16-17H2,1-3H3. The molecule has 1 N–H and O–H groups in total. The molecule has 1 amide bonds. The monoisotopic (exact) mass is 469 g/mol. The van der Waals surface area contributed by atoms with Crippen LogP contribution in [0.25, 0.3) is 0 Å². The molecule has 1 aromatic rings. The number of hydrogen-bond donors (Lipinski definition) is 1. The molecule has 1 aromatic carbocycles. The number of nitrogens with zero attached hydrogens (tertiary/aromatic N) is 4. The van der Waals surface area contributed by atoms with E-state index in [4.69, 9.17) is 4.74 Å². The Kier molecular flexibility index (Phi) is 7.50. The highest BCUT2D eigenvalue weighted by Gasteiger charge is 2.47. The van der Waals surface area contributed by atoms with E-state index in [0.717, 1.165) is 18.7 Å². The summed E-state index contributed by atoms with van der Waals surface area (Å²) >= 11 is 1.55. The predicted octanol–water partition coefficient (Wildman–Crippen LogP) is 3.37. The first kappa shape index (κ1) is 23.9. The van der Waals surface area contributed by atoms with Crippen LogP contribution >= 0.6 is 11.8 Å². The first-order chi connectivity index (χ1) is 15.9. The Hall–Kier alpha value is -2.24. The lowest BCUT2D eigenvalue weighted by Gasteiger charge is -2.25. The number of likely N-dealkylation sites (tertiary alicyclic amines) is 1. The van der Waals surface area contributed by atoms with Crippen molar-refractivity contribution in [2.24, 2.45) is 10.9 Å². The van der Waals surface area contributed by atoms with E-state index in [9.17, 15) is 10.1 Å². The highest BCUT2D eigenvalue weighted by Crippen LogP contribution is 2.38. The molecule has 3 aliphatic heterocycles. The van der Waals surface area contributed by atoms with Crippen LogP contribution in [-0.4, -0.2) is 77.1 Å².